The summed E-state index contributed by atoms with van der Waals surface area (Å²) in [5, 5.41) is 13.7. The van der Waals surface area contributed by atoms with Crippen LogP contribution in [0.5, 0.6) is 5.75 Å². The number of anilines is 1. The molecule has 0 fully saturated rings. The molecular formula is C37H47N7O7. The fraction of sp³-hybridized carbons (Fsp3) is 0.378. The number of ether oxygens (including phenoxy) is 4. The van der Waals surface area contributed by atoms with Crippen molar-refractivity contribution in [1.29, 1.82) is 0 Å². The van der Waals surface area contributed by atoms with Crippen molar-refractivity contribution in [2.75, 3.05) is 51.5 Å². The van der Waals surface area contributed by atoms with Crippen LogP contribution in [0.2, 0.25) is 0 Å². The van der Waals surface area contributed by atoms with Crippen LogP contribution in [0.3, 0.4) is 0 Å². The zero-order chi connectivity index (χ0) is 36.1. The van der Waals surface area contributed by atoms with Crippen molar-refractivity contribution < 1.29 is 33.3 Å². The normalized spacial score (nSPS) is 12.2. The summed E-state index contributed by atoms with van der Waals surface area (Å²) in [5.74, 6) is -0.0640. The van der Waals surface area contributed by atoms with Crippen LogP contribution >= 0.6 is 0 Å². The molecule has 0 aliphatic heterocycles. The van der Waals surface area contributed by atoms with E-state index in [0.29, 0.717) is 70.5 Å². The maximum Gasteiger partial charge on any atom is 0.412 e. The first-order chi connectivity index (χ1) is 24.9. The topological polar surface area (TPSA) is 195 Å². The molecule has 0 spiro atoms. The van der Waals surface area contributed by atoms with Crippen LogP contribution in [0.4, 0.5) is 10.5 Å². The van der Waals surface area contributed by atoms with Gasteiger partial charge in [0.25, 0.3) is 0 Å². The van der Waals surface area contributed by atoms with E-state index in [4.69, 9.17) is 30.4 Å². The Labute approximate surface area is 297 Å². The molecule has 2 amide bonds. The van der Waals surface area contributed by atoms with E-state index in [2.05, 4.69) is 20.9 Å². The number of nitrogens with two attached hydrogens (primary N) is 2. The largest absolute Gasteiger partial charge is 0.412 e. The summed E-state index contributed by atoms with van der Waals surface area (Å²) in [6.07, 6.45) is 2.65. The smallest absolute Gasteiger partial charge is 0.410 e. The fourth-order valence-corrected chi connectivity index (χ4v) is 4.81. The number of nitrogens with one attached hydrogen (secondary N) is 2. The molecule has 14 heteroatoms. The van der Waals surface area contributed by atoms with Crippen LogP contribution in [0, 0.1) is 0 Å². The third-order valence-corrected chi connectivity index (χ3v) is 7.63. The van der Waals surface area contributed by atoms with Gasteiger partial charge in [0.15, 0.2) is 0 Å². The summed E-state index contributed by atoms with van der Waals surface area (Å²) in [6, 6.07) is 24.3. The van der Waals surface area contributed by atoms with Gasteiger partial charge in [0, 0.05) is 30.8 Å². The molecule has 3 aromatic carbocycles. The van der Waals surface area contributed by atoms with E-state index in [1.807, 2.05) is 54.7 Å². The van der Waals surface area contributed by atoms with Crippen LogP contribution in [0.1, 0.15) is 24.8 Å². The van der Waals surface area contributed by atoms with E-state index in [1.54, 1.807) is 41.1 Å². The first kappa shape index (κ1) is 38.8. The second-order valence-electron chi connectivity index (χ2n) is 11.7. The fourth-order valence-electron chi connectivity index (χ4n) is 4.81. The van der Waals surface area contributed by atoms with Crippen LogP contribution < -0.4 is 26.8 Å². The Balaban J connectivity index is 0.949. The molecular weight excluding hydrogens is 654 g/mol. The summed E-state index contributed by atoms with van der Waals surface area (Å²) in [5.41, 5.74) is 15.4. The van der Waals surface area contributed by atoms with Gasteiger partial charge in [0.2, 0.25) is 5.91 Å². The molecule has 4 aromatic rings. The number of Topliss-reactive ketones (excluding diaryl/α,β-unsaturated/α-hetero) is 1. The molecule has 0 unspecified atom stereocenters. The van der Waals surface area contributed by atoms with E-state index in [9.17, 15) is 14.4 Å². The maximum atomic E-state index is 12.4. The van der Waals surface area contributed by atoms with Gasteiger partial charge in [-0.1, -0.05) is 65.9 Å². The molecule has 0 aliphatic carbocycles. The van der Waals surface area contributed by atoms with Crippen molar-refractivity contribution in [3.63, 3.8) is 0 Å². The molecule has 0 radical (unpaired) electrons. The molecule has 1 heterocycles. The average molecular weight is 702 g/mol. The zero-order valence-electron chi connectivity index (χ0n) is 28.7. The van der Waals surface area contributed by atoms with Crippen LogP contribution in [-0.4, -0.2) is 91.0 Å². The number of para-hydroxylation sites is 1. The van der Waals surface area contributed by atoms with Gasteiger partial charge < -0.3 is 41.0 Å². The monoisotopic (exact) mass is 701 g/mol. The Morgan fingerprint density at radius 2 is 1.41 bits per heavy atom. The molecule has 6 N–H and O–H groups in total. The Morgan fingerprint density at radius 3 is 2.12 bits per heavy atom. The van der Waals surface area contributed by atoms with Crippen molar-refractivity contribution >= 4 is 23.5 Å². The molecule has 0 aliphatic rings. The third kappa shape index (κ3) is 14.8. The number of hydrogen-bond donors (Lipinski definition) is 4. The van der Waals surface area contributed by atoms with Gasteiger partial charge in [-0.3, -0.25) is 9.59 Å². The molecule has 272 valence electrons. The van der Waals surface area contributed by atoms with Crippen molar-refractivity contribution in [2.24, 2.45) is 11.5 Å². The third-order valence-electron chi connectivity index (χ3n) is 7.63. The second kappa shape index (κ2) is 22.0. The summed E-state index contributed by atoms with van der Waals surface area (Å²) in [6.45, 7) is 3.44. The van der Waals surface area contributed by atoms with Crippen molar-refractivity contribution in [2.45, 2.75) is 44.3 Å². The quantitative estimate of drug-likeness (QED) is 0.0829. The lowest BCUT2D eigenvalue weighted by atomic mass is 10.1. The minimum atomic E-state index is -0.741. The molecule has 14 nitrogen and oxygen atoms in total. The maximum absolute atomic E-state index is 12.4. The number of amides is 2. The highest BCUT2D eigenvalue weighted by Crippen LogP contribution is 2.16. The summed E-state index contributed by atoms with van der Waals surface area (Å²) < 4.78 is 23.7. The molecule has 0 saturated heterocycles. The highest BCUT2D eigenvalue weighted by atomic mass is 16.6. The average Bonchev–Trinajstić information content (AvgIpc) is 3.62. The number of carbonyl (C=O) groups excluding carboxylic acids is 3. The number of benzene rings is 3. The van der Waals surface area contributed by atoms with Gasteiger partial charge >= 0.3 is 6.09 Å². The number of aromatic nitrogens is 3. The van der Waals surface area contributed by atoms with Crippen molar-refractivity contribution in [3.05, 3.63) is 96.7 Å². The Morgan fingerprint density at radius 1 is 0.765 bits per heavy atom. The standard InChI is InChI=1S/C37H47N7O7/c38-32(17-18-40-37(47)51-31-15-13-28(14-16-31)26-33(39)36(46)41-30-10-5-2-6-11-30)35(45)12-7-20-48-22-24-50-25-23-49-21-19-44-27-34(42-43-44)29-8-3-1-4-9-29/h1-6,8-11,13-16,27,32-33H,7,12,17-26,38-39H2,(H,40,47)(H,41,46)/t32-,33-/m0/s1. The SMILES string of the molecule is N[C@@H](CCNC(=O)Oc1ccc(C[C@H](N)C(=O)Nc2ccccc2)cc1)C(=O)CCCOCCOCCOCCn1cc(-c2ccccc2)nn1. The highest BCUT2D eigenvalue weighted by Gasteiger charge is 2.16. The molecule has 4 rings (SSSR count). The summed E-state index contributed by atoms with van der Waals surface area (Å²) in [4.78, 5) is 36.9. The van der Waals surface area contributed by atoms with Crippen LogP contribution in [0.25, 0.3) is 11.3 Å². The minimum absolute atomic E-state index is 0.101. The lowest BCUT2D eigenvalue weighted by molar-refractivity contribution is -0.121. The lowest BCUT2D eigenvalue weighted by Crippen LogP contribution is -2.37. The van der Waals surface area contributed by atoms with Gasteiger partial charge in [-0.05, 0) is 49.1 Å². The molecule has 1 aromatic heterocycles. The molecule has 0 bridgehead atoms. The van der Waals surface area contributed by atoms with E-state index >= 15 is 0 Å². The molecule has 2 atom stereocenters. The van der Waals surface area contributed by atoms with E-state index < -0.39 is 18.2 Å². The minimum Gasteiger partial charge on any atom is -0.410 e. The molecule has 51 heavy (non-hydrogen) atoms. The van der Waals surface area contributed by atoms with Gasteiger partial charge in [-0.25, -0.2) is 9.48 Å². The van der Waals surface area contributed by atoms with Crippen LogP contribution in [0.15, 0.2) is 91.1 Å². The molecule has 0 saturated carbocycles. The summed E-state index contributed by atoms with van der Waals surface area (Å²) in [7, 11) is 0. The van der Waals surface area contributed by atoms with Gasteiger partial charge in [-0.15, -0.1) is 5.10 Å². The predicted octanol–water partition coefficient (Wildman–Crippen LogP) is 3.36. The van der Waals surface area contributed by atoms with Crippen molar-refractivity contribution in [3.8, 4) is 17.0 Å². The Bertz CT molecular complexity index is 1600. The van der Waals surface area contributed by atoms with E-state index in [0.717, 1.165) is 16.8 Å². The number of hydrogen-bond acceptors (Lipinski definition) is 11. The van der Waals surface area contributed by atoms with E-state index in [-0.39, 0.29) is 31.1 Å². The predicted molar refractivity (Wildman–Crippen MR) is 192 cm³/mol. The number of nitrogens with zero attached hydrogens (tertiary/aromatic N) is 3. The lowest BCUT2D eigenvalue weighted by Gasteiger charge is -2.13. The van der Waals surface area contributed by atoms with Crippen LogP contribution in [-0.2, 0) is 36.8 Å². The van der Waals surface area contributed by atoms with Gasteiger partial charge in [0.1, 0.15) is 17.2 Å². The first-order valence-corrected chi connectivity index (χ1v) is 17.0. The number of rotatable bonds is 23. The number of carbonyl (C=O) groups is 3. The van der Waals surface area contributed by atoms with Gasteiger partial charge in [-0.2, -0.15) is 0 Å². The van der Waals surface area contributed by atoms with Crippen molar-refractivity contribution in [1.82, 2.24) is 20.3 Å². The highest BCUT2D eigenvalue weighted by molar-refractivity contribution is 5.94. The first-order valence-electron chi connectivity index (χ1n) is 17.0. The van der Waals surface area contributed by atoms with E-state index in [1.165, 1.54) is 0 Å². The summed E-state index contributed by atoms with van der Waals surface area (Å²) >= 11 is 0. The Kier molecular flexibility index (Phi) is 16.7. The number of ketones is 1. The second-order valence-corrected chi connectivity index (χ2v) is 11.7. The zero-order valence-corrected chi connectivity index (χ0v) is 28.7. The van der Waals surface area contributed by atoms with Gasteiger partial charge in [0.05, 0.1) is 57.9 Å². The Hall–Kier alpha value is -4.99.